The molecular weight excluding hydrogens is 238 g/mol. The molecule has 0 radical (unpaired) electrons. The molecule has 0 amide bonds. The summed E-state index contributed by atoms with van der Waals surface area (Å²) in [6.07, 6.45) is 4.24. The molecule has 0 spiro atoms. The van der Waals surface area contributed by atoms with Crippen LogP contribution in [0, 0.1) is 0 Å². The summed E-state index contributed by atoms with van der Waals surface area (Å²) >= 11 is 0. The second kappa shape index (κ2) is 5.03. The van der Waals surface area contributed by atoms with Crippen LogP contribution in [0.25, 0.3) is 0 Å². The van der Waals surface area contributed by atoms with E-state index in [9.17, 15) is 0 Å². The average Bonchev–Trinajstić information content (AvgIpc) is 2.83. The SMILES string of the molecule is COc1cccc(Cc2nc3n(n2)C(C)CCC3)c1. The Kier molecular flexibility index (Phi) is 3.23. The fraction of sp³-hybridized carbons (Fsp3) is 0.467. The Morgan fingerprint density at radius 2 is 2.32 bits per heavy atom. The Hall–Kier alpha value is -1.84. The highest BCUT2D eigenvalue weighted by atomic mass is 16.5. The third kappa shape index (κ3) is 2.48. The second-order valence-corrected chi connectivity index (χ2v) is 5.16. The number of ether oxygens (including phenoxy) is 1. The van der Waals surface area contributed by atoms with Crippen LogP contribution in [0.5, 0.6) is 5.75 Å². The van der Waals surface area contributed by atoms with Crippen LogP contribution < -0.4 is 4.74 Å². The number of benzene rings is 1. The molecule has 0 fully saturated rings. The van der Waals surface area contributed by atoms with Crippen LogP contribution in [-0.4, -0.2) is 21.9 Å². The van der Waals surface area contributed by atoms with Crippen molar-refractivity contribution in [3.63, 3.8) is 0 Å². The maximum Gasteiger partial charge on any atom is 0.155 e. The average molecular weight is 257 g/mol. The Morgan fingerprint density at radius 1 is 1.42 bits per heavy atom. The van der Waals surface area contributed by atoms with Gasteiger partial charge in [-0.25, -0.2) is 9.67 Å². The first-order chi connectivity index (χ1) is 9.26. The first kappa shape index (κ1) is 12.2. The van der Waals surface area contributed by atoms with Gasteiger partial charge in [0.2, 0.25) is 0 Å². The molecule has 0 saturated carbocycles. The first-order valence-electron chi connectivity index (χ1n) is 6.83. The number of fused-ring (bicyclic) bond motifs is 1. The highest BCUT2D eigenvalue weighted by Crippen LogP contribution is 2.23. The lowest BCUT2D eigenvalue weighted by Gasteiger charge is -2.18. The third-order valence-electron chi connectivity index (χ3n) is 3.68. The topological polar surface area (TPSA) is 39.9 Å². The van der Waals surface area contributed by atoms with E-state index in [2.05, 4.69) is 27.8 Å². The third-order valence-corrected chi connectivity index (χ3v) is 3.68. The van der Waals surface area contributed by atoms with Crippen molar-refractivity contribution in [3.05, 3.63) is 41.5 Å². The number of nitrogens with zero attached hydrogens (tertiary/aromatic N) is 3. The van der Waals surface area contributed by atoms with Crippen LogP contribution in [0.4, 0.5) is 0 Å². The Balaban J connectivity index is 1.83. The van der Waals surface area contributed by atoms with Gasteiger partial charge in [-0.05, 0) is 37.5 Å². The minimum absolute atomic E-state index is 0.482. The van der Waals surface area contributed by atoms with Crippen LogP contribution in [0.1, 0.15) is 43.0 Å². The van der Waals surface area contributed by atoms with Crippen LogP contribution in [0.2, 0.25) is 0 Å². The summed E-state index contributed by atoms with van der Waals surface area (Å²) in [6, 6.07) is 8.58. The van der Waals surface area contributed by atoms with E-state index in [1.54, 1.807) is 7.11 Å². The van der Waals surface area contributed by atoms with E-state index in [0.717, 1.165) is 30.2 Å². The molecule has 4 nitrogen and oxygen atoms in total. The summed E-state index contributed by atoms with van der Waals surface area (Å²) in [4.78, 5) is 4.66. The van der Waals surface area contributed by atoms with E-state index >= 15 is 0 Å². The van der Waals surface area contributed by atoms with Gasteiger partial charge < -0.3 is 4.74 Å². The van der Waals surface area contributed by atoms with Crippen molar-refractivity contribution in [2.45, 2.75) is 38.6 Å². The van der Waals surface area contributed by atoms with Gasteiger partial charge in [-0.3, -0.25) is 0 Å². The molecule has 1 aliphatic heterocycles. The number of aromatic nitrogens is 3. The van der Waals surface area contributed by atoms with Gasteiger partial charge in [-0.15, -0.1) is 0 Å². The van der Waals surface area contributed by atoms with E-state index in [-0.39, 0.29) is 0 Å². The molecule has 3 rings (SSSR count). The molecule has 0 aliphatic carbocycles. The van der Waals surface area contributed by atoms with E-state index in [1.807, 2.05) is 18.2 Å². The number of rotatable bonds is 3. The fourth-order valence-corrected chi connectivity index (χ4v) is 2.65. The summed E-state index contributed by atoms with van der Waals surface area (Å²) in [5.74, 6) is 2.93. The second-order valence-electron chi connectivity index (χ2n) is 5.16. The van der Waals surface area contributed by atoms with E-state index in [1.165, 1.54) is 18.4 Å². The zero-order valence-electron chi connectivity index (χ0n) is 11.5. The molecule has 100 valence electrons. The summed E-state index contributed by atoms with van der Waals surface area (Å²) < 4.78 is 7.34. The predicted molar refractivity (Wildman–Crippen MR) is 73.5 cm³/mol. The monoisotopic (exact) mass is 257 g/mol. The lowest BCUT2D eigenvalue weighted by molar-refractivity contribution is 0.387. The molecule has 2 aromatic rings. The summed E-state index contributed by atoms with van der Waals surface area (Å²) in [7, 11) is 1.69. The van der Waals surface area contributed by atoms with Crippen molar-refractivity contribution >= 4 is 0 Å². The van der Waals surface area contributed by atoms with Crippen molar-refractivity contribution in [3.8, 4) is 5.75 Å². The molecule has 1 aromatic heterocycles. The zero-order valence-corrected chi connectivity index (χ0v) is 11.5. The van der Waals surface area contributed by atoms with Crippen molar-refractivity contribution in [2.75, 3.05) is 7.11 Å². The molecule has 0 bridgehead atoms. The first-order valence-corrected chi connectivity index (χ1v) is 6.83. The maximum absolute atomic E-state index is 5.24. The van der Waals surface area contributed by atoms with Gasteiger partial charge in [-0.2, -0.15) is 5.10 Å². The van der Waals surface area contributed by atoms with Crippen LogP contribution in [0.3, 0.4) is 0 Å². The molecule has 2 heterocycles. The highest BCUT2D eigenvalue weighted by molar-refractivity contribution is 5.30. The summed E-state index contributed by atoms with van der Waals surface area (Å²) in [6.45, 7) is 2.21. The lowest BCUT2D eigenvalue weighted by atomic mass is 10.1. The van der Waals surface area contributed by atoms with E-state index < -0.39 is 0 Å². The predicted octanol–water partition coefficient (Wildman–Crippen LogP) is 2.77. The molecule has 4 heteroatoms. The molecule has 19 heavy (non-hydrogen) atoms. The number of hydrogen-bond donors (Lipinski definition) is 0. The van der Waals surface area contributed by atoms with Crippen LogP contribution >= 0.6 is 0 Å². The number of methoxy groups -OCH3 is 1. The van der Waals surface area contributed by atoms with Gasteiger partial charge in [0.05, 0.1) is 13.2 Å². The standard InChI is InChI=1S/C15H19N3O/c1-11-5-3-8-15-16-14(17-18(11)15)10-12-6-4-7-13(9-12)19-2/h4,6-7,9,11H,3,5,8,10H2,1-2H3. The smallest absolute Gasteiger partial charge is 0.155 e. The number of aryl methyl sites for hydroxylation is 1. The quantitative estimate of drug-likeness (QED) is 0.849. The summed E-state index contributed by atoms with van der Waals surface area (Å²) in [5, 5.41) is 4.65. The van der Waals surface area contributed by atoms with Crippen molar-refractivity contribution in [1.29, 1.82) is 0 Å². The summed E-state index contributed by atoms with van der Waals surface area (Å²) in [5.41, 5.74) is 1.19. The number of hydrogen-bond acceptors (Lipinski definition) is 3. The van der Waals surface area contributed by atoms with Gasteiger partial charge in [0.15, 0.2) is 5.82 Å². The molecule has 0 saturated heterocycles. The molecule has 1 aliphatic rings. The Labute approximate surface area is 113 Å². The van der Waals surface area contributed by atoms with Gasteiger partial charge in [-0.1, -0.05) is 12.1 Å². The fourth-order valence-electron chi connectivity index (χ4n) is 2.65. The molecule has 1 unspecified atom stereocenters. The minimum atomic E-state index is 0.482. The van der Waals surface area contributed by atoms with Gasteiger partial charge in [0, 0.05) is 12.8 Å². The van der Waals surface area contributed by atoms with E-state index in [0.29, 0.717) is 6.04 Å². The van der Waals surface area contributed by atoms with Gasteiger partial charge in [0.1, 0.15) is 11.6 Å². The van der Waals surface area contributed by atoms with Crippen molar-refractivity contribution in [1.82, 2.24) is 14.8 Å². The van der Waals surface area contributed by atoms with Crippen molar-refractivity contribution in [2.24, 2.45) is 0 Å². The maximum atomic E-state index is 5.24. The normalized spacial score (nSPS) is 18.1. The Morgan fingerprint density at radius 3 is 3.11 bits per heavy atom. The molecule has 0 N–H and O–H groups in total. The van der Waals surface area contributed by atoms with Gasteiger partial charge in [0.25, 0.3) is 0 Å². The molecular formula is C15H19N3O. The molecule has 1 atom stereocenters. The van der Waals surface area contributed by atoms with Crippen molar-refractivity contribution < 1.29 is 4.74 Å². The van der Waals surface area contributed by atoms with Crippen LogP contribution in [-0.2, 0) is 12.8 Å². The van der Waals surface area contributed by atoms with Crippen LogP contribution in [0.15, 0.2) is 24.3 Å². The zero-order chi connectivity index (χ0) is 13.2. The van der Waals surface area contributed by atoms with Gasteiger partial charge >= 0.3 is 0 Å². The Bertz CT molecular complexity index is 577. The lowest BCUT2D eigenvalue weighted by Crippen LogP contribution is -2.16. The highest BCUT2D eigenvalue weighted by Gasteiger charge is 2.19. The largest absolute Gasteiger partial charge is 0.497 e. The van der Waals surface area contributed by atoms with E-state index in [4.69, 9.17) is 4.74 Å². The molecule has 1 aromatic carbocycles. The minimum Gasteiger partial charge on any atom is -0.497 e.